The molecule has 2 atom stereocenters. The van der Waals surface area contributed by atoms with Crippen molar-refractivity contribution in [1.29, 1.82) is 0 Å². The Hall–Kier alpha value is -2.62. The summed E-state index contributed by atoms with van der Waals surface area (Å²) in [7, 11) is 0. The molecule has 0 unspecified atom stereocenters. The van der Waals surface area contributed by atoms with E-state index in [0.29, 0.717) is 6.42 Å². The summed E-state index contributed by atoms with van der Waals surface area (Å²) in [5.74, 6) is 0.110. The fourth-order valence-electron chi connectivity index (χ4n) is 3.89. The molecule has 1 aliphatic rings. The van der Waals surface area contributed by atoms with Crippen molar-refractivity contribution in [2.75, 3.05) is 9.80 Å². The minimum absolute atomic E-state index is 0.0152. The fraction of sp³-hybridized carbons (Fsp3) is 0.391. The predicted molar refractivity (Wildman–Crippen MR) is 110 cm³/mol. The van der Waals surface area contributed by atoms with E-state index in [1.807, 2.05) is 85.2 Å². The number of hydrogen-bond donors (Lipinski definition) is 0. The number of amides is 2. The van der Waals surface area contributed by atoms with Gasteiger partial charge in [0, 0.05) is 29.8 Å². The van der Waals surface area contributed by atoms with Crippen LogP contribution in [0, 0.1) is 5.41 Å². The molecule has 3 rings (SSSR count). The number of anilines is 2. The Morgan fingerprint density at radius 2 is 1.59 bits per heavy atom. The molecular weight excluding hydrogens is 336 g/mol. The Bertz CT molecular complexity index is 839. The Labute approximate surface area is 161 Å². The standard InChI is InChI=1S/C23H28N2O2/c1-16-15-21(19-13-9-10-14-20(19)24(16)17(2)26)25(22(27)23(3,4)5)18-11-7-6-8-12-18/h6-14,16,21H,15H2,1-5H3/t16-,21+/m0/s1. The van der Waals surface area contributed by atoms with Crippen molar-refractivity contribution in [1.82, 2.24) is 0 Å². The summed E-state index contributed by atoms with van der Waals surface area (Å²) >= 11 is 0. The van der Waals surface area contributed by atoms with E-state index in [0.717, 1.165) is 16.9 Å². The lowest BCUT2D eigenvalue weighted by atomic mass is 9.87. The fourth-order valence-corrected chi connectivity index (χ4v) is 3.89. The number of carbonyl (C=O) groups excluding carboxylic acids is 2. The Morgan fingerprint density at radius 3 is 2.19 bits per heavy atom. The zero-order valence-corrected chi connectivity index (χ0v) is 16.8. The van der Waals surface area contributed by atoms with Crippen molar-refractivity contribution in [2.45, 2.75) is 53.1 Å². The van der Waals surface area contributed by atoms with Crippen LogP contribution in [0.2, 0.25) is 0 Å². The third-order valence-corrected chi connectivity index (χ3v) is 5.11. The van der Waals surface area contributed by atoms with E-state index >= 15 is 0 Å². The van der Waals surface area contributed by atoms with Crippen LogP contribution < -0.4 is 9.80 Å². The van der Waals surface area contributed by atoms with Gasteiger partial charge < -0.3 is 9.80 Å². The third-order valence-electron chi connectivity index (χ3n) is 5.11. The van der Waals surface area contributed by atoms with Crippen LogP contribution in [0.15, 0.2) is 54.6 Å². The van der Waals surface area contributed by atoms with Crippen molar-refractivity contribution in [3.05, 3.63) is 60.2 Å². The van der Waals surface area contributed by atoms with Crippen LogP contribution in [0.25, 0.3) is 0 Å². The van der Waals surface area contributed by atoms with Gasteiger partial charge in [-0.15, -0.1) is 0 Å². The zero-order valence-electron chi connectivity index (χ0n) is 16.8. The van der Waals surface area contributed by atoms with E-state index in [-0.39, 0.29) is 23.9 Å². The molecule has 142 valence electrons. The third kappa shape index (κ3) is 3.61. The molecule has 1 aliphatic heterocycles. The first kappa shape index (κ1) is 19.2. The minimum Gasteiger partial charge on any atom is -0.309 e. The topological polar surface area (TPSA) is 40.6 Å². The maximum atomic E-state index is 13.4. The molecule has 2 amide bonds. The lowest BCUT2D eigenvalue weighted by molar-refractivity contribution is -0.126. The summed E-state index contributed by atoms with van der Waals surface area (Å²) in [5, 5.41) is 0. The molecule has 0 fully saturated rings. The average Bonchev–Trinajstić information content (AvgIpc) is 2.61. The van der Waals surface area contributed by atoms with Gasteiger partial charge in [-0.3, -0.25) is 9.59 Å². The molecular formula is C23H28N2O2. The minimum atomic E-state index is -0.508. The highest BCUT2D eigenvalue weighted by Crippen LogP contribution is 2.43. The summed E-state index contributed by atoms with van der Waals surface area (Å²) in [6, 6.07) is 17.7. The van der Waals surface area contributed by atoms with Gasteiger partial charge >= 0.3 is 0 Å². The second-order valence-corrected chi connectivity index (χ2v) is 8.31. The lowest BCUT2D eigenvalue weighted by Crippen LogP contribution is -2.49. The zero-order chi connectivity index (χ0) is 19.8. The smallest absolute Gasteiger partial charge is 0.232 e. The second kappa shape index (κ2) is 7.18. The molecule has 0 saturated carbocycles. The first-order valence-corrected chi connectivity index (χ1v) is 9.49. The second-order valence-electron chi connectivity index (χ2n) is 8.31. The van der Waals surface area contributed by atoms with Gasteiger partial charge in [-0.2, -0.15) is 0 Å². The first-order chi connectivity index (χ1) is 12.7. The van der Waals surface area contributed by atoms with E-state index < -0.39 is 5.41 Å². The maximum absolute atomic E-state index is 13.4. The molecule has 4 nitrogen and oxygen atoms in total. The number of carbonyl (C=O) groups is 2. The van der Waals surface area contributed by atoms with E-state index in [1.54, 1.807) is 6.92 Å². The Balaban J connectivity index is 2.16. The monoisotopic (exact) mass is 364 g/mol. The number of nitrogens with zero attached hydrogens (tertiary/aromatic N) is 2. The number of hydrogen-bond acceptors (Lipinski definition) is 2. The molecule has 4 heteroatoms. The highest BCUT2D eigenvalue weighted by atomic mass is 16.2. The van der Waals surface area contributed by atoms with Crippen molar-refractivity contribution >= 4 is 23.2 Å². The SMILES string of the molecule is CC(=O)N1c2ccccc2[C@H](N(C(=O)C(C)(C)C)c2ccccc2)C[C@@H]1C. The van der Waals surface area contributed by atoms with Gasteiger partial charge in [-0.1, -0.05) is 57.2 Å². The van der Waals surface area contributed by atoms with Gasteiger partial charge in [0.2, 0.25) is 11.8 Å². The van der Waals surface area contributed by atoms with Crippen LogP contribution in [-0.2, 0) is 9.59 Å². The van der Waals surface area contributed by atoms with Crippen LogP contribution in [0.4, 0.5) is 11.4 Å². The van der Waals surface area contributed by atoms with Gasteiger partial charge in [0.05, 0.1) is 6.04 Å². The van der Waals surface area contributed by atoms with Crippen LogP contribution in [-0.4, -0.2) is 17.9 Å². The largest absolute Gasteiger partial charge is 0.309 e. The van der Waals surface area contributed by atoms with Crippen LogP contribution >= 0.6 is 0 Å². The number of rotatable bonds is 2. The first-order valence-electron chi connectivity index (χ1n) is 9.49. The van der Waals surface area contributed by atoms with Gasteiger partial charge in [0.1, 0.15) is 0 Å². The molecule has 2 aromatic carbocycles. The predicted octanol–water partition coefficient (Wildman–Crippen LogP) is 4.95. The quantitative estimate of drug-likeness (QED) is 0.756. The van der Waals surface area contributed by atoms with Crippen molar-refractivity contribution < 1.29 is 9.59 Å². The number of para-hydroxylation sites is 2. The summed E-state index contributed by atoms with van der Waals surface area (Å²) in [6.45, 7) is 9.50. The van der Waals surface area contributed by atoms with Gasteiger partial charge in [-0.05, 0) is 37.1 Å². The summed E-state index contributed by atoms with van der Waals surface area (Å²) < 4.78 is 0. The summed E-state index contributed by atoms with van der Waals surface area (Å²) in [4.78, 5) is 29.5. The van der Waals surface area contributed by atoms with Crippen molar-refractivity contribution in [3.8, 4) is 0 Å². The van der Waals surface area contributed by atoms with Crippen LogP contribution in [0.3, 0.4) is 0 Å². The van der Waals surface area contributed by atoms with Gasteiger partial charge in [0.25, 0.3) is 0 Å². The average molecular weight is 364 g/mol. The molecule has 2 aromatic rings. The molecule has 27 heavy (non-hydrogen) atoms. The molecule has 0 spiro atoms. The maximum Gasteiger partial charge on any atom is 0.232 e. The molecule has 0 N–H and O–H groups in total. The van der Waals surface area contributed by atoms with Gasteiger partial charge in [0.15, 0.2) is 0 Å². The Kier molecular flexibility index (Phi) is 5.09. The highest BCUT2D eigenvalue weighted by molar-refractivity contribution is 5.99. The van der Waals surface area contributed by atoms with Crippen molar-refractivity contribution in [3.63, 3.8) is 0 Å². The van der Waals surface area contributed by atoms with E-state index in [2.05, 4.69) is 6.92 Å². The molecule has 0 aliphatic carbocycles. The van der Waals surface area contributed by atoms with Crippen LogP contribution in [0.1, 0.15) is 52.6 Å². The number of benzene rings is 2. The van der Waals surface area contributed by atoms with Crippen LogP contribution in [0.5, 0.6) is 0 Å². The summed E-state index contributed by atoms with van der Waals surface area (Å²) in [5.41, 5.74) is 2.30. The molecule has 0 aromatic heterocycles. The van der Waals surface area contributed by atoms with Crippen molar-refractivity contribution in [2.24, 2.45) is 5.41 Å². The molecule has 0 radical (unpaired) electrons. The molecule has 0 saturated heterocycles. The highest BCUT2D eigenvalue weighted by Gasteiger charge is 2.40. The molecule has 1 heterocycles. The van der Waals surface area contributed by atoms with E-state index in [9.17, 15) is 9.59 Å². The lowest BCUT2D eigenvalue weighted by Gasteiger charge is -2.44. The van der Waals surface area contributed by atoms with Gasteiger partial charge in [-0.25, -0.2) is 0 Å². The molecule has 0 bridgehead atoms. The summed E-state index contributed by atoms with van der Waals surface area (Å²) in [6.07, 6.45) is 0.702. The van der Waals surface area contributed by atoms with E-state index in [1.165, 1.54) is 0 Å². The Morgan fingerprint density at radius 1 is 1.00 bits per heavy atom. The number of fused-ring (bicyclic) bond motifs is 1. The normalized spacial score (nSPS) is 19.4. The van der Waals surface area contributed by atoms with E-state index in [4.69, 9.17) is 0 Å².